The second-order valence-electron chi connectivity index (χ2n) is 4.89. The zero-order chi connectivity index (χ0) is 14.3. The van der Waals surface area contributed by atoms with Gasteiger partial charge in [0.05, 0.1) is 5.69 Å². The molecule has 3 nitrogen and oxygen atoms in total. The van der Waals surface area contributed by atoms with Gasteiger partial charge < -0.3 is 5.73 Å². The minimum atomic E-state index is 0.652. The van der Waals surface area contributed by atoms with Crippen LogP contribution >= 0.6 is 22.9 Å². The Morgan fingerprint density at radius 1 is 1.35 bits per heavy atom. The SMILES string of the molecule is Cc1cc(-c2nc3scc(CCN)n3c2C)ccc1Cl. The number of hydrogen-bond donors (Lipinski definition) is 1. The van der Waals surface area contributed by atoms with Gasteiger partial charge in [0.25, 0.3) is 0 Å². The Balaban J connectivity index is 2.16. The monoisotopic (exact) mass is 305 g/mol. The maximum absolute atomic E-state index is 6.09. The smallest absolute Gasteiger partial charge is 0.194 e. The standard InChI is InChI=1S/C15H16ClN3S/c1-9-7-11(3-4-13(9)16)14-10(2)19-12(5-6-17)8-20-15(19)18-14/h3-4,7-8H,5-6,17H2,1-2H3. The number of aryl methyl sites for hydroxylation is 2. The molecule has 3 rings (SSSR count). The van der Waals surface area contributed by atoms with E-state index in [9.17, 15) is 0 Å². The van der Waals surface area contributed by atoms with E-state index in [1.807, 2.05) is 19.1 Å². The Labute approximate surface area is 127 Å². The summed E-state index contributed by atoms with van der Waals surface area (Å²) in [5.41, 5.74) is 11.3. The fraction of sp³-hybridized carbons (Fsp3) is 0.267. The van der Waals surface area contributed by atoms with E-state index < -0.39 is 0 Å². The number of nitrogens with two attached hydrogens (primary N) is 1. The maximum Gasteiger partial charge on any atom is 0.194 e. The molecule has 5 heteroatoms. The van der Waals surface area contributed by atoms with Gasteiger partial charge in [-0.25, -0.2) is 4.98 Å². The van der Waals surface area contributed by atoms with Gasteiger partial charge >= 0.3 is 0 Å². The molecule has 3 aromatic rings. The van der Waals surface area contributed by atoms with Crippen LogP contribution in [0.1, 0.15) is 17.0 Å². The van der Waals surface area contributed by atoms with Crippen molar-refractivity contribution in [3.05, 3.63) is 45.6 Å². The third kappa shape index (κ3) is 2.14. The number of hydrogen-bond acceptors (Lipinski definition) is 3. The average Bonchev–Trinajstić information content (AvgIpc) is 2.95. The second-order valence-corrected chi connectivity index (χ2v) is 6.14. The van der Waals surface area contributed by atoms with Gasteiger partial charge in [-0.3, -0.25) is 4.40 Å². The summed E-state index contributed by atoms with van der Waals surface area (Å²) in [4.78, 5) is 5.78. The van der Waals surface area contributed by atoms with Gasteiger partial charge in [0, 0.05) is 33.8 Å². The molecule has 0 atom stereocenters. The fourth-order valence-electron chi connectivity index (χ4n) is 2.45. The minimum Gasteiger partial charge on any atom is -0.330 e. The van der Waals surface area contributed by atoms with Crippen LogP contribution in [0.3, 0.4) is 0 Å². The lowest BCUT2D eigenvalue weighted by molar-refractivity contribution is 0.896. The van der Waals surface area contributed by atoms with Crippen molar-refractivity contribution in [1.82, 2.24) is 9.38 Å². The van der Waals surface area contributed by atoms with Crippen molar-refractivity contribution in [2.24, 2.45) is 5.73 Å². The van der Waals surface area contributed by atoms with Gasteiger partial charge in [-0.05, 0) is 38.1 Å². The van der Waals surface area contributed by atoms with Crippen LogP contribution in [0.15, 0.2) is 23.6 Å². The molecule has 2 heterocycles. The number of halogens is 1. The molecule has 0 radical (unpaired) electrons. The number of benzene rings is 1. The Morgan fingerprint density at radius 3 is 2.85 bits per heavy atom. The number of rotatable bonds is 3. The third-order valence-electron chi connectivity index (χ3n) is 3.50. The maximum atomic E-state index is 6.09. The van der Waals surface area contributed by atoms with E-state index in [-0.39, 0.29) is 0 Å². The van der Waals surface area contributed by atoms with E-state index in [1.54, 1.807) is 11.3 Å². The highest BCUT2D eigenvalue weighted by molar-refractivity contribution is 7.15. The van der Waals surface area contributed by atoms with Crippen LogP contribution in [0.2, 0.25) is 5.02 Å². The zero-order valence-corrected chi connectivity index (χ0v) is 13.1. The number of fused-ring (bicyclic) bond motifs is 1. The third-order valence-corrected chi connectivity index (χ3v) is 4.79. The molecule has 0 aliphatic rings. The van der Waals surface area contributed by atoms with Gasteiger partial charge in [0.2, 0.25) is 0 Å². The molecular formula is C15H16ClN3S. The highest BCUT2D eigenvalue weighted by Crippen LogP contribution is 2.30. The van der Waals surface area contributed by atoms with Gasteiger partial charge in [0.15, 0.2) is 4.96 Å². The lowest BCUT2D eigenvalue weighted by Gasteiger charge is -2.04. The molecule has 0 saturated carbocycles. The molecule has 1 aromatic carbocycles. The van der Waals surface area contributed by atoms with Crippen molar-refractivity contribution in [3.8, 4) is 11.3 Å². The van der Waals surface area contributed by atoms with Crippen LogP contribution in [0.5, 0.6) is 0 Å². The highest BCUT2D eigenvalue weighted by Gasteiger charge is 2.14. The number of thiazole rings is 1. The summed E-state index contributed by atoms with van der Waals surface area (Å²) in [6.45, 7) is 4.77. The van der Waals surface area contributed by atoms with Gasteiger partial charge in [0.1, 0.15) is 0 Å². The molecule has 104 valence electrons. The Morgan fingerprint density at radius 2 is 2.15 bits per heavy atom. The second kappa shape index (κ2) is 5.20. The molecule has 0 aliphatic carbocycles. The molecule has 0 amide bonds. The highest BCUT2D eigenvalue weighted by atomic mass is 35.5. The van der Waals surface area contributed by atoms with Crippen molar-refractivity contribution < 1.29 is 0 Å². The lowest BCUT2D eigenvalue weighted by Crippen LogP contribution is -2.05. The van der Waals surface area contributed by atoms with E-state index in [0.717, 1.165) is 38.9 Å². The summed E-state index contributed by atoms with van der Waals surface area (Å²) < 4.78 is 2.21. The summed E-state index contributed by atoms with van der Waals surface area (Å²) in [6.07, 6.45) is 0.871. The summed E-state index contributed by atoms with van der Waals surface area (Å²) in [7, 11) is 0. The molecule has 0 bridgehead atoms. The van der Waals surface area contributed by atoms with Crippen LogP contribution in [0.4, 0.5) is 0 Å². The molecule has 0 spiro atoms. The Hall–Kier alpha value is -1.36. The average molecular weight is 306 g/mol. The van der Waals surface area contributed by atoms with Crippen LogP contribution < -0.4 is 5.73 Å². The van der Waals surface area contributed by atoms with E-state index in [4.69, 9.17) is 22.3 Å². The van der Waals surface area contributed by atoms with Crippen molar-refractivity contribution in [1.29, 1.82) is 0 Å². The van der Waals surface area contributed by atoms with Gasteiger partial charge in [-0.2, -0.15) is 0 Å². The molecular weight excluding hydrogens is 290 g/mol. The first-order chi connectivity index (χ1) is 9.61. The molecule has 0 unspecified atom stereocenters. The van der Waals surface area contributed by atoms with Crippen LogP contribution in [0, 0.1) is 13.8 Å². The summed E-state index contributed by atoms with van der Waals surface area (Å²) >= 11 is 7.76. The number of nitrogens with zero attached hydrogens (tertiary/aromatic N) is 2. The van der Waals surface area contributed by atoms with E-state index >= 15 is 0 Å². The van der Waals surface area contributed by atoms with Crippen LogP contribution in [-0.2, 0) is 6.42 Å². The molecule has 0 saturated heterocycles. The Bertz CT molecular complexity index is 773. The zero-order valence-electron chi connectivity index (χ0n) is 11.5. The predicted molar refractivity (Wildman–Crippen MR) is 85.7 cm³/mol. The molecule has 0 aliphatic heterocycles. The van der Waals surface area contributed by atoms with E-state index in [0.29, 0.717) is 6.54 Å². The van der Waals surface area contributed by atoms with E-state index in [1.165, 1.54) is 5.69 Å². The first-order valence-electron chi connectivity index (χ1n) is 6.54. The quantitative estimate of drug-likeness (QED) is 0.799. The van der Waals surface area contributed by atoms with Crippen molar-refractivity contribution in [2.45, 2.75) is 20.3 Å². The lowest BCUT2D eigenvalue weighted by atomic mass is 10.1. The topological polar surface area (TPSA) is 43.3 Å². The molecule has 0 fully saturated rings. The predicted octanol–water partition coefficient (Wildman–Crippen LogP) is 3.83. The summed E-state index contributed by atoms with van der Waals surface area (Å²) in [5.74, 6) is 0. The molecule has 2 aromatic heterocycles. The fourth-order valence-corrected chi connectivity index (χ4v) is 3.54. The molecule has 20 heavy (non-hydrogen) atoms. The largest absolute Gasteiger partial charge is 0.330 e. The van der Waals surface area contributed by atoms with Crippen LogP contribution in [-0.4, -0.2) is 15.9 Å². The first kappa shape index (κ1) is 13.6. The van der Waals surface area contributed by atoms with E-state index in [2.05, 4.69) is 22.8 Å². The van der Waals surface area contributed by atoms with Crippen LogP contribution in [0.25, 0.3) is 16.2 Å². The summed E-state index contributed by atoms with van der Waals surface area (Å²) in [5, 5.41) is 2.93. The number of imidazole rings is 1. The number of aromatic nitrogens is 2. The Kier molecular flexibility index (Phi) is 3.54. The molecule has 2 N–H and O–H groups in total. The summed E-state index contributed by atoms with van der Waals surface area (Å²) in [6, 6.07) is 6.04. The first-order valence-corrected chi connectivity index (χ1v) is 7.79. The van der Waals surface area contributed by atoms with Crippen molar-refractivity contribution in [2.75, 3.05) is 6.54 Å². The normalized spacial score (nSPS) is 11.4. The minimum absolute atomic E-state index is 0.652. The van der Waals surface area contributed by atoms with Crippen molar-refractivity contribution >= 4 is 27.9 Å². The van der Waals surface area contributed by atoms with Crippen molar-refractivity contribution in [3.63, 3.8) is 0 Å². The van der Waals surface area contributed by atoms with Gasteiger partial charge in [-0.1, -0.05) is 17.7 Å². The van der Waals surface area contributed by atoms with Gasteiger partial charge in [-0.15, -0.1) is 11.3 Å².